The van der Waals surface area contributed by atoms with Gasteiger partial charge in [0.25, 0.3) is 0 Å². The third-order valence-electron chi connectivity index (χ3n) is 1.48. The van der Waals surface area contributed by atoms with Crippen LogP contribution in [0.5, 0.6) is 0 Å². The van der Waals surface area contributed by atoms with E-state index in [4.69, 9.17) is 4.84 Å². The predicted molar refractivity (Wildman–Crippen MR) is 37.4 cm³/mol. The average Bonchev–Trinajstić information content (AvgIpc) is 2.08. The molecule has 0 aromatic rings. The normalized spacial score (nSPS) is 22.7. The van der Waals surface area contributed by atoms with Crippen molar-refractivity contribution < 1.29 is 4.84 Å². The first-order valence-corrected chi connectivity index (χ1v) is 3.00. The van der Waals surface area contributed by atoms with Gasteiger partial charge in [-0.05, 0) is 6.08 Å². The van der Waals surface area contributed by atoms with Gasteiger partial charge in [0.1, 0.15) is 6.61 Å². The van der Waals surface area contributed by atoms with Crippen molar-refractivity contribution in [1.29, 1.82) is 0 Å². The van der Waals surface area contributed by atoms with E-state index in [1.807, 2.05) is 0 Å². The largest absolute Gasteiger partial charge is 0.395 e. The Bertz CT molecular complexity index is 158. The van der Waals surface area contributed by atoms with Crippen LogP contribution in [0.4, 0.5) is 0 Å². The lowest BCUT2D eigenvalue weighted by molar-refractivity contribution is 0.133. The second-order valence-corrected chi connectivity index (χ2v) is 2.84. The molecule has 0 bridgehead atoms. The Hall–Kier alpha value is -0.790. The summed E-state index contributed by atoms with van der Waals surface area (Å²) in [6.07, 6.45) is 1.74. The fourth-order valence-corrected chi connectivity index (χ4v) is 0.774. The lowest BCUT2D eigenvalue weighted by Crippen LogP contribution is -2.21. The van der Waals surface area contributed by atoms with Crippen molar-refractivity contribution in [3.05, 3.63) is 12.7 Å². The van der Waals surface area contributed by atoms with Gasteiger partial charge in [-0.3, -0.25) is 0 Å². The van der Waals surface area contributed by atoms with Crippen LogP contribution in [-0.2, 0) is 4.84 Å². The van der Waals surface area contributed by atoms with Crippen LogP contribution in [0.25, 0.3) is 0 Å². The summed E-state index contributed by atoms with van der Waals surface area (Å²) in [5.74, 6) is 0. The van der Waals surface area contributed by atoms with Crippen LogP contribution in [0.3, 0.4) is 0 Å². The first kappa shape index (κ1) is 6.33. The van der Waals surface area contributed by atoms with Crippen molar-refractivity contribution in [1.82, 2.24) is 0 Å². The molecular formula is C7H11NO. The number of nitrogens with zero attached hydrogens (tertiary/aromatic N) is 1. The molecule has 0 radical (unpaired) electrons. The summed E-state index contributed by atoms with van der Waals surface area (Å²) in [6, 6.07) is 0. The number of allylic oxidation sites excluding steroid dienone is 1. The zero-order valence-corrected chi connectivity index (χ0v) is 5.85. The van der Waals surface area contributed by atoms with Gasteiger partial charge in [-0.1, -0.05) is 25.6 Å². The van der Waals surface area contributed by atoms with Crippen LogP contribution in [0.1, 0.15) is 13.8 Å². The highest BCUT2D eigenvalue weighted by Crippen LogP contribution is 2.24. The summed E-state index contributed by atoms with van der Waals surface area (Å²) in [4.78, 5) is 4.88. The summed E-state index contributed by atoms with van der Waals surface area (Å²) >= 11 is 0. The van der Waals surface area contributed by atoms with Crippen LogP contribution in [0.15, 0.2) is 17.8 Å². The molecule has 1 heterocycles. The molecule has 2 heteroatoms. The van der Waals surface area contributed by atoms with E-state index in [0.29, 0.717) is 6.61 Å². The van der Waals surface area contributed by atoms with E-state index < -0.39 is 0 Å². The summed E-state index contributed by atoms with van der Waals surface area (Å²) in [5.41, 5.74) is 1.02. The zero-order chi connectivity index (χ0) is 6.91. The Balaban J connectivity index is 2.80. The number of hydrogen-bond donors (Lipinski definition) is 0. The Kier molecular flexibility index (Phi) is 1.31. The van der Waals surface area contributed by atoms with E-state index in [9.17, 15) is 0 Å². The maximum atomic E-state index is 4.88. The molecule has 1 aliphatic heterocycles. The van der Waals surface area contributed by atoms with Crippen molar-refractivity contribution in [2.75, 3.05) is 6.61 Å². The lowest BCUT2D eigenvalue weighted by atomic mass is 9.89. The molecule has 0 N–H and O–H groups in total. The van der Waals surface area contributed by atoms with Crippen molar-refractivity contribution in [3.63, 3.8) is 0 Å². The smallest absolute Gasteiger partial charge is 0.127 e. The van der Waals surface area contributed by atoms with Gasteiger partial charge in [0.15, 0.2) is 0 Å². The summed E-state index contributed by atoms with van der Waals surface area (Å²) in [5, 5.41) is 3.81. The van der Waals surface area contributed by atoms with Gasteiger partial charge in [-0.15, -0.1) is 0 Å². The number of rotatable bonds is 1. The summed E-state index contributed by atoms with van der Waals surface area (Å²) in [7, 11) is 0. The fraction of sp³-hybridized carbons (Fsp3) is 0.571. The minimum atomic E-state index is 0.0712. The minimum absolute atomic E-state index is 0.0712. The van der Waals surface area contributed by atoms with Crippen molar-refractivity contribution >= 4 is 5.71 Å². The molecule has 1 aliphatic rings. The molecule has 0 fully saturated rings. The molecule has 0 unspecified atom stereocenters. The quantitative estimate of drug-likeness (QED) is 0.521. The van der Waals surface area contributed by atoms with Gasteiger partial charge in [0, 0.05) is 5.41 Å². The van der Waals surface area contributed by atoms with Crippen molar-refractivity contribution in [2.45, 2.75) is 13.8 Å². The number of oxime groups is 1. The molecule has 0 saturated heterocycles. The van der Waals surface area contributed by atoms with E-state index in [2.05, 4.69) is 25.6 Å². The molecular weight excluding hydrogens is 114 g/mol. The highest BCUT2D eigenvalue weighted by Gasteiger charge is 2.29. The van der Waals surface area contributed by atoms with Gasteiger partial charge in [-0.25, -0.2) is 0 Å². The first-order valence-electron chi connectivity index (χ1n) is 3.00. The van der Waals surface area contributed by atoms with E-state index in [0.717, 1.165) is 5.71 Å². The fourth-order valence-electron chi connectivity index (χ4n) is 0.774. The molecule has 2 nitrogen and oxygen atoms in total. The van der Waals surface area contributed by atoms with E-state index >= 15 is 0 Å². The second-order valence-electron chi connectivity index (χ2n) is 2.84. The van der Waals surface area contributed by atoms with Gasteiger partial charge in [0.05, 0.1) is 5.71 Å². The molecule has 0 saturated carbocycles. The van der Waals surface area contributed by atoms with Crippen molar-refractivity contribution in [3.8, 4) is 0 Å². The Morgan fingerprint density at radius 1 is 1.78 bits per heavy atom. The Morgan fingerprint density at radius 3 is 2.67 bits per heavy atom. The maximum Gasteiger partial charge on any atom is 0.127 e. The molecule has 0 aromatic carbocycles. The first-order chi connectivity index (χ1) is 4.17. The van der Waals surface area contributed by atoms with E-state index in [-0.39, 0.29) is 5.41 Å². The summed E-state index contributed by atoms with van der Waals surface area (Å²) in [6.45, 7) is 8.47. The molecule has 0 spiro atoms. The third kappa shape index (κ3) is 0.969. The third-order valence-corrected chi connectivity index (χ3v) is 1.48. The van der Waals surface area contributed by atoms with E-state index in [1.165, 1.54) is 0 Å². The zero-order valence-electron chi connectivity index (χ0n) is 5.85. The van der Waals surface area contributed by atoms with Gasteiger partial charge in [-0.2, -0.15) is 0 Å². The van der Waals surface area contributed by atoms with E-state index in [1.54, 1.807) is 6.08 Å². The van der Waals surface area contributed by atoms with Gasteiger partial charge < -0.3 is 4.84 Å². The second kappa shape index (κ2) is 1.87. The van der Waals surface area contributed by atoms with Gasteiger partial charge in [0.2, 0.25) is 0 Å². The van der Waals surface area contributed by atoms with Crippen LogP contribution >= 0.6 is 0 Å². The molecule has 0 aromatic heterocycles. The molecule has 0 aliphatic carbocycles. The standard InChI is InChI=1S/C7H11NO/c1-4-6-7(2,3)5-9-8-6/h4H,1,5H2,2-3H3. The van der Waals surface area contributed by atoms with Crippen LogP contribution < -0.4 is 0 Å². The van der Waals surface area contributed by atoms with Crippen LogP contribution in [0.2, 0.25) is 0 Å². The maximum absolute atomic E-state index is 4.88. The predicted octanol–water partition coefficient (Wildman–Crippen LogP) is 1.58. The SMILES string of the molecule is C=CC1=NOCC1(C)C. The Morgan fingerprint density at radius 2 is 2.44 bits per heavy atom. The number of hydrogen-bond acceptors (Lipinski definition) is 2. The summed E-state index contributed by atoms with van der Waals surface area (Å²) < 4.78 is 0. The lowest BCUT2D eigenvalue weighted by Gasteiger charge is -2.12. The Labute approximate surface area is 55.2 Å². The topological polar surface area (TPSA) is 21.6 Å². The highest BCUT2D eigenvalue weighted by atomic mass is 16.6. The van der Waals surface area contributed by atoms with Crippen molar-refractivity contribution in [2.24, 2.45) is 10.6 Å². The molecule has 0 amide bonds. The molecule has 1 rings (SSSR count). The average molecular weight is 125 g/mol. The van der Waals surface area contributed by atoms with Crippen LogP contribution in [0, 0.1) is 5.41 Å². The molecule has 50 valence electrons. The van der Waals surface area contributed by atoms with Crippen LogP contribution in [-0.4, -0.2) is 12.3 Å². The highest BCUT2D eigenvalue weighted by molar-refractivity contribution is 5.99. The monoisotopic (exact) mass is 125 g/mol. The van der Waals surface area contributed by atoms with Gasteiger partial charge >= 0.3 is 0 Å². The molecule has 9 heavy (non-hydrogen) atoms. The molecule has 0 atom stereocenters. The minimum Gasteiger partial charge on any atom is -0.395 e.